The highest BCUT2D eigenvalue weighted by Gasteiger charge is 2.55. The number of carbonyl (C=O) groups excluding carboxylic acids is 3. The molecule has 1 aliphatic heterocycles. The summed E-state index contributed by atoms with van der Waals surface area (Å²) in [7, 11) is 0. The smallest absolute Gasteiger partial charge is 0.382 e. The number of ketones is 1. The summed E-state index contributed by atoms with van der Waals surface area (Å²) in [5.74, 6) is -1.92. The summed E-state index contributed by atoms with van der Waals surface area (Å²) in [5.41, 5.74) is 0.903. The Labute approximate surface area is 173 Å². The third-order valence-electron chi connectivity index (χ3n) is 6.99. The van der Waals surface area contributed by atoms with E-state index in [9.17, 15) is 19.5 Å². The number of aliphatic carboxylic acids is 1. The van der Waals surface area contributed by atoms with Crippen LogP contribution in [-0.2, 0) is 14.4 Å². The molecule has 1 saturated carbocycles. The molecule has 2 unspecified atom stereocenters. The van der Waals surface area contributed by atoms with Crippen molar-refractivity contribution in [3.8, 4) is 0 Å². The van der Waals surface area contributed by atoms with Crippen LogP contribution in [0, 0.1) is 5.92 Å². The van der Waals surface area contributed by atoms with Crippen molar-refractivity contribution >= 4 is 17.7 Å². The van der Waals surface area contributed by atoms with E-state index in [0.717, 1.165) is 24.8 Å². The highest BCUT2D eigenvalue weighted by atomic mass is 16.4. The average molecular weight is 400 g/mol. The van der Waals surface area contributed by atoms with Gasteiger partial charge in [0.2, 0.25) is 0 Å². The Morgan fingerprint density at radius 3 is 2.34 bits per heavy atom. The number of rotatable bonds is 8. The topological polar surface area (TPSA) is 74.3 Å². The first-order valence-electron chi connectivity index (χ1n) is 11.2. The summed E-state index contributed by atoms with van der Waals surface area (Å²) in [6.45, 7) is 2.69. The van der Waals surface area contributed by atoms with Crippen molar-refractivity contribution in [3.63, 3.8) is 0 Å². The first kappa shape index (κ1) is 21.7. The van der Waals surface area contributed by atoms with E-state index in [1.807, 2.05) is 37.3 Å². The Balaban J connectivity index is 1.80. The van der Waals surface area contributed by atoms with E-state index in [0.29, 0.717) is 31.8 Å². The number of hydrogen-bond acceptors (Lipinski definition) is 4. The third-order valence-corrected chi connectivity index (χ3v) is 6.99. The van der Waals surface area contributed by atoms with Gasteiger partial charge >= 0.3 is 5.91 Å². The Bertz CT molecular complexity index is 726. The highest BCUT2D eigenvalue weighted by molar-refractivity contribution is 6.33. The van der Waals surface area contributed by atoms with Crippen LogP contribution in [0.25, 0.3) is 0 Å². The molecule has 1 saturated heterocycles. The van der Waals surface area contributed by atoms with Gasteiger partial charge in [-0.15, -0.1) is 0 Å². The molecule has 0 bridgehead atoms. The van der Waals surface area contributed by atoms with Crippen molar-refractivity contribution in [1.82, 2.24) is 0 Å². The highest BCUT2D eigenvalue weighted by Crippen LogP contribution is 2.40. The molecule has 5 nitrogen and oxygen atoms in total. The molecule has 3 rings (SSSR count). The van der Waals surface area contributed by atoms with Crippen LogP contribution in [0.4, 0.5) is 0 Å². The fraction of sp³-hybridized carbons (Fsp3) is 0.625. The molecule has 0 spiro atoms. The second-order valence-corrected chi connectivity index (χ2v) is 8.82. The average Bonchev–Trinajstić information content (AvgIpc) is 3.13. The van der Waals surface area contributed by atoms with E-state index in [2.05, 4.69) is 0 Å². The van der Waals surface area contributed by atoms with Gasteiger partial charge in [0.05, 0.1) is 13.1 Å². The lowest BCUT2D eigenvalue weighted by Gasteiger charge is -2.38. The predicted octanol–water partition coefficient (Wildman–Crippen LogP) is 2.98. The molecule has 1 aromatic rings. The molecule has 1 amide bonds. The van der Waals surface area contributed by atoms with Crippen LogP contribution in [0.1, 0.15) is 76.2 Å². The summed E-state index contributed by atoms with van der Waals surface area (Å²) < 4.78 is -0.276. The molecule has 2 aliphatic rings. The molecule has 1 heterocycles. The van der Waals surface area contributed by atoms with Crippen LogP contribution in [0.5, 0.6) is 0 Å². The maximum Gasteiger partial charge on any atom is 0.382 e. The van der Waals surface area contributed by atoms with Gasteiger partial charge in [0.1, 0.15) is 12.0 Å². The maximum atomic E-state index is 13.4. The van der Waals surface area contributed by atoms with E-state index in [1.165, 1.54) is 19.3 Å². The van der Waals surface area contributed by atoms with Crippen molar-refractivity contribution in [2.45, 2.75) is 76.7 Å². The van der Waals surface area contributed by atoms with E-state index in [4.69, 9.17) is 0 Å². The first-order valence-corrected chi connectivity index (χ1v) is 11.2. The fourth-order valence-corrected chi connectivity index (χ4v) is 5.57. The zero-order chi connectivity index (χ0) is 20.9. The van der Waals surface area contributed by atoms with Gasteiger partial charge in [-0.3, -0.25) is 4.79 Å². The zero-order valence-electron chi connectivity index (χ0n) is 17.5. The number of carbonyl (C=O) groups is 3. The molecule has 3 atom stereocenters. The quantitative estimate of drug-likeness (QED) is 0.498. The van der Waals surface area contributed by atoms with Crippen LogP contribution in [0.3, 0.4) is 0 Å². The molecule has 1 aromatic carbocycles. The number of benzene rings is 1. The normalized spacial score (nSPS) is 27.6. The van der Waals surface area contributed by atoms with Gasteiger partial charge in [-0.2, -0.15) is 0 Å². The molecular formula is C24H33NO4. The van der Waals surface area contributed by atoms with Gasteiger partial charge < -0.3 is 9.90 Å². The monoisotopic (exact) mass is 399 g/mol. The van der Waals surface area contributed by atoms with Crippen LogP contribution >= 0.6 is 0 Å². The third kappa shape index (κ3) is 4.61. The number of amides is 1. The van der Waals surface area contributed by atoms with Gasteiger partial charge in [-0.25, -0.2) is 9.28 Å². The minimum atomic E-state index is -1.22. The Morgan fingerprint density at radius 1 is 1.03 bits per heavy atom. The number of Topliss-reactive ketones (excluding diaryl/α,β-unsaturated/α-hetero) is 1. The van der Waals surface area contributed by atoms with Crippen LogP contribution < -0.4 is 5.11 Å². The molecule has 0 radical (unpaired) electrons. The molecule has 0 aromatic heterocycles. The standard InChI is InChI=1S/C24H33NO4/c1-2-16-25(23(27)21(26)14-13-18-9-5-3-6-10-18)17-15-20(22(25)24(28)29)19-11-7-4-8-12-19/h4,7-8,11-12,18,20,22H,2-3,5-6,9-10,13-17H2,1H3/t20?,22-,25?/m0/s1. The van der Waals surface area contributed by atoms with Crippen molar-refractivity contribution in [3.05, 3.63) is 35.9 Å². The molecule has 1 aliphatic carbocycles. The maximum absolute atomic E-state index is 13.4. The largest absolute Gasteiger partial charge is 0.544 e. The summed E-state index contributed by atoms with van der Waals surface area (Å²) >= 11 is 0. The minimum absolute atomic E-state index is 0.239. The lowest BCUT2D eigenvalue weighted by Crippen LogP contribution is -2.64. The number of nitrogens with zero attached hydrogens (tertiary/aromatic N) is 1. The summed E-state index contributed by atoms with van der Waals surface area (Å²) in [4.78, 5) is 38.5. The van der Waals surface area contributed by atoms with Crippen LogP contribution in [-0.4, -0.2) is 41.3 Å². The Morgan fingerprint density at radius 2 is 1.72 bits per heavy atom. The molecular weight excluding hydrogens is 366 g/mol. The fourth-order valence-electron chi connectivity index (χ4n) is 5.57. The van der Waals surface area contributed by atoms with Crippen molar-refractivity contribution in [2.24, 2.45) is 5.92 Å². The molecule has 2 fully saturated rings. The Kier molecular flexibility index (Phi) is 7.23. The van der Waals surface area contributed by atoms with Crippen molar-refractivity contribution < 1.29 is 24.0 Å². The lowest BCUT2D eigenvalue weighted by molar-refractivity contribution is -0.858. The number of carboxylic acids is 1. The van der Waals surface area contributed by atoms with Crippen LogP contribution in [0.2, 0.25) is 0 Å². The predicted molar refractivity (Wildman–Crippen MR) is 109 cm³/mol. The van der Waals surface area contributed by atoms with E-state index in [1.54, 1.807) is 0 Å². The number of quaternary nitrogens is 1. The van der Waals surface area contributed by atoms with Gasteiger partial charge in [-0.1, -0.05) is 69.4 Å². The van der Waals surface area contributed by atoms with Gasteiger partial charge in [0, 0.05) is 18.8 Å². The molecule has 5 heteroatoms. The molecule has 158 valence electrons. The van der Waals surface area contributed by atoms with E-state index >= 15 is 0 Å². The van der Waals surface area contributed by atoms with Gasteiger partial charge in [-0.05, 0) is 24.3 Å². The van der Waals surface area contributed by atoms with Crippen molar-refractivity contribution in [2.75, 3.05) is 13.1 Å². The minimum Gasteiger partial charge on any atom is -0.544 e. The summed E-state index contributed by atoms with van der Waals surface area (Å²) in [5, 5.41) is 12.2. The SMILES string of the molecule is CCC[N+]1(C(=O)C(=O)CCC2CCCCC2)CCC(c2ccccc2)[C@H]1C(=O)[O-]. The second kappa shape index (κ2) is 9.66. The Hall–Kier alpha value is -2.01. The van der Waals surface area contributed by atoms with Gasteiger partial charge in [0.25, 0.3) is 5.78 Å². The molecule has 29 heavy (non-hydrogen) atoms. The van der Waals surface area contributed by atoms with Crippen LogP contribution in [0.15, 0.2) is 30.3 Å². The van der Waals surface area contributed by atoms with E-state index < -0.39 is 23.7 Å². The summed E-state index contributed by atoms with van der Waals surface area (Å²) in [6, 6.07) is 8.46. The number of carboxylic acid groups (broad SMARTS) is 1. The van der Waals surface area contributed by atoms with E-state index in [-0.39, 0.29) is 16.8 Å². The number of hydrogen-bond donors (Lipinski definition) is 0. The van der Waals surface area contributed by atoms with Crippen molar-refractivity contribution in [1.29, 1.82) is 0 Å². The molecule has 0 N–H and O–H groups in total. The second-order valence-electron chi connectivity index (χ2n) is 8.82. The lowest BCUT2D eigenvalue weighted by atomic mass is 9.85. The zero-order valence-corrected chi connectivity index (χ0v) is 17.5. The first-order chi connectivity index (χ1) is 14.0. The number of likely N-dealkylation sites (tertiary alicyclic amines) is 1. The van der Waals surface area contributed by atoms with Gasteiger partial charge in [0.15, 0.2) is 0 Å². The summed E-state index contributed by atoms with van der Waals surface area (Å²) in [6.07, 6.45) is 8.13.